The second-order valence-electron chi connectivity index (χ2n) is 4.86. The molecule has 0 aliphatic carbocycles. The first-order chi connectivity index (χ1) is 11.2. The molecule has 114 valence electrons. The lowest BCUT2D eigenvalue weighted by molar-refractivity contribution is 0.600. The van der Waals surface area contributed by atoms with Crippen LogP contribution in [0.1, 0.15) is 0 Å². The highest BCUT2D eigenvalue weighted by molar-refractivity contribution is 7.13. The largest absolute Gasteiger partial charge is 0.423 e. The van der Waals surface area contributed by atoms with Crippen LogP contribution in [0, 0.1) is 0 Å². The Morgan fingerprint density at radius 3 is 2.83 bits per heavy atom. The first-order valence-electron chi connectivity index (χ1n) is 6.88. The Bertz CT molecular complexity index is 967. The number of aromatic nitrogens is 3. The molecule has 4 aromatic rings. The molecule has 0 atom stereocenters. The standard InChI is InChI=1S/C16H11ClN4OS/c1-21(16-20-14-10(17)4-2-5-12(14)22-16)15-18-8-7-11(19-15)13-6-3-9-23-13/h2-9H,1H3. The summed E-state index contributed by atoms with van der Waals surface area (Å²) < 4.78 is 5.75. The highest BCUT2D eigenvalue weighted by Gasteiger charge is 2.16. The number of oxazole rings is 1. The zero-order chi connectivity index (χ0) is 15.8. The lowest BCUT2D eigenvalue weighted by atomic mass is 10.3. The van der Waals surface area contributed by atoms with Crippen molar-refractivity contribution in [1.82, 2.24) is 15.0 Å². The van der Waals surface area contributed by atoms with Crippen molar-refractivity contribution < 1.29 is 4.42 Å². The molecule has 4 rings (SSSR count). The minimum atomic E-state index is 0.399. The molecule has 0 saturated heterocycles. The quantitative estimate of drug-likeness (QED) is 0.537. The number of hydrogen-bond donors (Lipinski definition) is 0. The van der Waals surface area contributed by atoms with Gasteiger partial charge in [-0.3, -0.25) is 4.90 Å². The van der Waals surface area contributed by atoms with Gasteiger partial charge in [0.05, 0.1) is 15.6 Å². The van der Waals surface area contributed by atoms with E-state index in [1.54, 1.807) is 28.5 Å². The normalized spacial score (nSPS) is 11.0. The Labute approximate surface area is 141 Å². The van der Waals surface area contributed by atoms with E-state index in [0.717, 1.165) is 10.6 Å². The summed E-state index contributed by atoms with van der Waals surface area (Å²) in [5, 5.41) is 2.57. The summed E-state index contributed by atoms with van der Waals surface area (Å²) >= 11 is 7.78. The van der Waals surface area contributed by atoms with Crippen LogP contribution in [-0.4, -0.2) is 22.0 Å². The lowest BCUT2D eigenvalue weighted by Crippen LogP contribution is -2.13. The molecule has 1 aromatic carbocycles. The van der Waals surface area contributed by atoms with Crippen LogP contribution in [0.15, 0.2) is 52.4 Å². The highest BCUT2D eigenvalue weighted by atomic mass is 35.5. The van der Waals surface area contributed by atoms with E-state index in [-0.39, 0.29) is 0 Å². The van der Waals surface area contributed by atoms with Crippen molar-refractivity contribution in [2.45, 2.75) is 0 Å². The van der Waals surface area contributed by atoms with E-state index in [9.17, 15) is 0 Å². The van der Waals surface area contributed by atoms with Crippen LogP contribution in [0.25, 0.3) is 21.7 Å². The monoisotopic (exact) mass is 342 g/mol. The lowest BCUT2D eigenvalue weighted by Gasteiger charge is -2.12. The molecule has 0 spiro atoms. The van der Waals surface area contributed by atoms with Crippen molar-refractivity contribution >= 4 is 46.0 Å². The van der Waals surface area contributed by atoms with Gasteiger partial charge in [0.1, 0.15) is 5.52 Å². The van der Waals surface area contributed by atoms with Gasteiger partial charge in [0.25, 0.3) is 0 Å². The molecule has 23 heavy (non-hydrogen) atoms. The van der Waals surface area contributed by atoms with Gasteiger partial charge in [-0.2, -0.15) is 4.98 Å². The summed E-state index contributed by atoms with van der Waals surface area (Å²) in [4.78, 5) is 16.1. The van der Waals surface area contributed by atoms with Crippen LogP contribution in [0.5, 0.6) is 0 Å². The fourth-order valence-electron chi connectivity index (χ4n) is 2.20. The van der Waals surface area contributed by atoms with E-state index in [4.69, 9.17) is 16.0 Å². The molecule has 0 bridgehead atoms. The Balaban J connectivity index is 1.74. The average Bonchev–Trinajstić information content (AvgIpc) is 3.24. The Hall–Kier alpha value is -2.44. The van der Waals surface area contributed by atoms with Crippen LogP contribution >= 0.6 is 22.9 Å². The van der Waals surface area contributed by atoms with E-state index < -0.39 is 0 Å². The molecular formula is C16H11ClN4OS. The minimum Gasteiger partial charge on any atom is -0.423 e. The SMILES string of the molecule is CN(c1nccc(-c2cccs2)n1)c1nc2c(Cl)cccc2o1. The second kappa shape index (κ2) is 5.64. The summed E-state index contributed by atoms with van der Waals surface area (Å²) in [5.41, 5.74) is 2.13. The summed E-state index contributed by atoms with van der Waals surface area (Å²) in [6, 6.07) is 11.7. The summed E-state index contributed by atoms with van der Waals surface area (Å²) in [6.45, 7) is 0. The minimum absolute atomic E-state index is 0.399. The van der Waals surface area contributed by atoms with E-state index in [1.165, 1.54) is 0 Å². The van der Waals surface area contributed by atoms with Crippen LogP contribution in [0.3, 0.4) is 0 Å². The summed E-state index contributed by atoms with van der Waals surface area (Å²) in [7, 11) is 1.81. The zero-order valence-corrected chi connectivity index (χ0v) is 13.7. The average molecular weight is 343 g/mol. The molecule has 5 nitrogen and oxygen atoms in total. The van der Waals surface area contributed by atoms with Crippen molar-refractivity contribution in [1.29, 1.82) is 0 Å². The fraction of sp³-hybridized carbons (Fsp3) is 0.0625. The number of hydrogen-bond acceptors (Lipinski definition) is 6. The zero-order valence-electron chi connectivity index (χ0n) is 12.1. The molecule has 7 heteroatoms. The number of anilines is 2. The molecule has 0 fully saturated rings. The smallest absolute Gasteiger partial charge is 0.305 e. The first-order valence-corrected chi connectivity index (χ1v) is 8.14. The molecule has 3 heterocycles. The fourth-order valence-corrected chi connectivity index (χ4v) is 3.11. The second-order valence-corrected chi connectivity index (χ2v) is 6.22. The van der Waals surface area contributed by atoms with Gasteiger partial charge in [-0.1, -0.05) is 23.7 Å². The van der Waals surface area contributed by atoms with Gasteiger partial charge in [0.2, 0.25) is 5.95 Å². The number of rotatable bonds is 3. The predicted octanol–water partition coefficient (Wildman–Crippen LogP) is 4.77. The molecule has 0 unspecified atom stereocenters. The molecule has 0 radical (unpaired) electrons. The molecule has 0 aliphatic heterocycles. The molecule has 0 N–H and O–H groups in total. The maximum absolute atomic E-state index is 6.14. The molecular weight excluding hydrogens is 332 g/mol. The third kappa shape index (κ3) is 2.56. The summed E-state index contributed by atoms with van der Waals surface area (Å²) in [5.74, 6) is 0.513. The van der Waals surface area contributed by atoms with Gasteiger partial charge in [-0.05, 0) is 29.6 Å². The van der Waals surface area contributed by atoms with Gasteiger partial charge < -0.3 is 4.42 Å². The maximum atomic E-state index is 6.14. The van der Waals surface area contributed by atoms with Gasteiger partial charge in [0.15, 0.2) is 5.58 Å². The number of halogens is 1. The van der Waals surface area contributed by atoms with Gasteiger partial charge in [-0.15, -0.1) is 11.3 Å². The Kier molecular flexibility index (Phi) is 3.48. The van der Waals surface area contributed by atoms with Crippen LogP contribution in [0.2, 0.25) is 5.02 Å². The van der Waals surface area contributed by atoms with Crippen LogP contribution in [-0.2, 0) is 0 Å². The third-order valence-electron chi connectivity index (χ3n) is 3.36. The third-order valence-corrected chi connectivity index (χ3v) is 4.56. The summed E-state index contributed by atoms with van der Waals surface area (Å²) in [6.07, 6.45) is 1.73. The maximum Gasteiger partial charge on any atom is 0.305 e. The van der Waals surface area contributed by atoms with Gasteiger partial charge in [0, 0.05) is 13.2 Å². The van der Waals surface area contributed by atoms with E-state index in [1.807, 2.05) is 42.8 Å². The van der Waals surface area contributed by atoms with E-state index in [0.29, 0.717) is 28.1 Å². The van der Waals surface area contributed by atoms with Crippen LogP contribution in [0.4, 0.5) is 12.0 Å². The van der Waals surface area contributed by atoms with Crippen LogP contribution < -0.4 is 4.90 Å². The number of thiophene rings is 1. The molecule has 0 saturated carbocycles. The first kappa shape index (κ1) is 14.2. The number of fused-ring (bicyclic) bond motifs is 1. The predicted molar refractivity (Wildman–Crippen MR) is 92.4 cm³/mol. The molecule has 0 amide bonds. The van der Waals surface area contributed by atoms with E-state index >= 15 is 0 Å². The van der Waals surface area contributed by atoms with E-state index in [2.05, 4.69) is 15.0 Å². The Morgan fingerprint density at radius 1 is 1.13 bits per heavy atom. The number of nitrogens with zero attached hydrogens (tertiary/aromatic N) is 4. The van der Waals surface area contributed by atoms with Crippen molar-refractivity contribution in [2.75, 3.05) is 11.9 Å². The van der Waals surface area contributed by atoms with Crippen molar-refractivity contribution in [3.05, 3.63) is 53.0 Å². The van der Waals surface area contributed by atoms with Gasteiger partial charge in [-0.25, -0.2) is 9.97 Å². The number of benzene rings is 1. The van der Waals surface area contributed by atoms with Crippen molar-refractivity contribution in [3.8, 4) is 10.6 Å². The topological polar surface area (TPSA) is 55.1 Å². The molecule has 3 aromatic heterocycles. The van der Waals surface area contributed by atoms with Gasteiger partial charge >= 0.3 is 6.01 Å². The Morgan fingerprint density at radius 2 is 2.04 bits per heavy atom. The van der Waals surface area contributed by atoms with Crippen molar-refractivity contribution in [3.63, 3.8) is 0 Å². The highest BCUT2D eigenvalue weighted by Crippen LogP contribution is 2.30. The molecule has 0 aliphatic rings. The number of para-hydroxylation sites is 1. The van der Waals surface area contributed by atoms with Crippen molar-refractivity contribution in [2.24, 2.45) is 0 Å².